The number of methoxy groups -OCH3 is 1. The summed E-state index contributed by atoms with van der Waals surface area (Å²) in [6, 6.07) is 3.74. The second-order valence-corrected chi connectivity index (χ2v) is 5.73. The van der Waals surface area contributed by atoms with Crippen LogP contribution in [-0.4, -0.2) is 54.9 Å². The molecule has 0 bridgehead atoms. The van der Waals surface area contributed by atoms with Crippen LogP contribution in [0.4, 0.5) is 4.39 Å². The number of ether oxygens (including phenoxy) is 1. The Morgan fingerprint density at radius 3 is 2.78 bits per heavy atom. The number of carbonyl (C=O) groups is 2. The number of halogens is 1. The maximum absolute atomic E-state index is 14.2. The number of rotatable bonds is 5. The third-order valence-electron chi connectivity index (χ3n) is 4.21. The van der Waals surface area contributed by atoms with Gasteiger partial charge in [0.25, 0.3) is 5.91 Å². The van der Waals surface area contributed by atoms with Gasteiger partial charge in [-0.15, -0.1) is 0 Å². The molecule has 2 rings (SSSR count). The highest BCUT2D eigenvalue weighted by Crippen LogP contribution is 2.26. The topological polar surface area (TPSA) is 49.9 Å². The summed E-state index contributed by atoms with van der Waals surface area (Å²) in [5.41, 5.74) is -0.103. The van der Waals surface area contributed by atoms with Crippen LogP contribution in [0.3, 0.4) is 0 Å². The van der Waals surface area contributed by atoms with Gasteiger partial charge in [-0.2, -0.15) is 0 Å². The molecule has 0 saturated carbocycles. The van der Waals surface area contributed by atoms with Gasteiger partial charge in [-0.1, -0.05) is 25.8 Å². The van der Waals surface area contributed by atoms with E-state index in [1.54, 1.807) is 18.0 Å². The van der Waals surface area contributed by atoms with E-state index in [0.717, 1.165) is 12.8 Å². The summed E-state index contributed by atoms with van der Waals surface area (Å²) in [5.74, 6) is -1.01. The van der Waals surface area contributed by atoms with Gasteiger partial charge in [-0.05, 0) is 18.6 Å². The predicted molar refractivity (Wildman–Crippen MR) is 84.9 cm³/mol. The average Bonchev–Trinajstić information content (AvgIpc) is 2.55. The Morgan fingerprint density at radius 1 is 1.39 bits per heavy atom. The Hall–Kier alpha value is -2.11. The van der Waals surface area contributed by atoms with Gasteiger partial charge in [0.05, 0.1) is 7.11 Å². The first-order chi connectivity index (χ1) is 11.0. The smallest absolute Gasteiger partial charge is 0.261 e. The van der Waals surface area contributed by atoms with E-state index >= 15 is 0 Å². The summed E-state index contributed by atoms with van der Waals surface area (Å²) in [6.07, 6.45) is 2.35. The first-order valence-corrected chi connectivity index (χ1v) is 7.89. The van der Waals surface area contributed by atoms with Gasteiger partial charge in [0.1, 0.15) is 23.2 Å². The molecule has 0 aliphatic carbocycles. The standard InChI is InChI=1S/C17H23FN2O3/c1-4-5-8-13-16(21)19(2)10-11-20(13)17(22)15-12(18)7-6-9-14(15)23-3/h6-7,9,13H,4-5,8,10-11H2,1-3H3/t13-/m0/s1. The Kier molecular flexibility index (Phi) is 5.58. The van der Waals surface area contributed by atoms with Crippen molar-refractivity contribution in [1.82, 2.24) is 9.80 Å². The molecule has 1 aromatic carbocycles. The number of carbonyl (C=O) groups excluding carboxylic acids is 2. The highest BCUT2D eigenvalue weighted by atomic mass is 19.1. The molecule has 1 heterocycles. The van der Waals surface area contributed by atoms with Crippen molar-refractivity contribution >= 4 is 11.8 Å². The van der Waals surface area contributed by atoms with Crippen LogP contribution in [-0.2, 0) is 4.79 Å². The third kappa shape index (κ3) is 3.46. The Morgan fingerprint density at radius 2 is 2.13 bits per heavy atom. The maximum atomic E-state index is 14.2. The lowest BCUT2D eigenvalue weighted by molar-refractivity contribution is -0.138. The van der Waals surface area contributed by atoms with Crippen LogP contribution < -0.4 is 4.74 Å². The molecule has 6 heteroatoms. The molecule has 1 fully saturated rings. The van der Waals surface area contributed by atoms with Crippen molar-refractivity contribution < 1.29 is 18.7 Å². The van der Waals surface area contributed by atoms with Crippen molar-refractivity contribution in [3.05, 3.63) is 29.6 Å². The fraction of sp³-hybridized carbons (Fsp3) is 0.529. The molecule has 1 aromatic rings. The largest absolute Gasteiger partial charge is 0.496 e. The lowest BCUT2D eigenvalue weighted by Gasteiger charge is -2.39. The summed E-state index contributed by atoms with van der Waals surface area (Å²) in [7, 11) is 3.13. The average molecular weight is 322 g/mol. The molecule has 0 aromatic heterocycles. The molecule has 1 aliphatic rings. The molecular weight excluding hydrogens is 299 g/mol. The minimum atomic E-state index is -0.630. The van der Waals surface area contributed by atoms with Gasteiger partial charge in [0.15, 0.2) is 0 Å². The van der Waals surface area contributed by atoms with Crippen LogP contribution in [0.25, 0.3) is 0 Å². The fourth-order valence-electron chi connectivity index (χ4n) is 2.86. The van der Waals surface area contributed by atoms with E-state index in [1.165, 1.54) is 24.1 Å². The Bertz CT molecular complexity index is 591. The number of piperazine rings is 1. The highest BCUT2D eigenvalue weighted by molar-refractivity contribution is 6.00. The minimum Gasteiger partial charge on any atom is -0.496 e. The summed E-state index contributed by atoms with van der Waals surface area (Å²) >= 11 is 0. The first kappa shape index (κ1) is 17.2. The van der Waals surface area contributed by atoms with E-state index in [0.29, 0.717) is 19.5 Å². The van der Waals surface area contributed by atoms with Crippen LogP contribution in [0, 0.1) is 5.82 Å². The number of amides is 2. The molecule has 126 valence electrons. The molecule has 0 spiro atoms. The van der Waals surface area contributed by atoms with E-state index < -0.39 is 17.8 Å². The predicted octanol–water partition coefficient (Wildman–Crippen LogP) is 2.31. The molecule has 0 unspecified atom stereocenters. The molecule has 5 nitrogen and oxygen atoms in total. The van der Waals surface area contributed by atoms with Gasteiger partial charge >= 0.3 is 0 Å². The molecule has 0 N–H and O–H groups in total. The van der Waals surface area contributed by atoms with Crippen molar-refractivity contribution in [2.24, 2.45) is 0 Å². The van der Waals surface area contributed by atoms with Crippen molar-refractivity contribution in [1.29, 1.82) is 0 Å². The zero-order valence-electron chi connectivity index (χ0n) is 13.8. The normalized spacial score (nSPS) is 18.3. The van der Waals surface area contributed by atoms with Crippen LogP contribution in [0.2, 0.25) is 0 Å². The minimum absolute atomic E-state index is 0.0895. The van der Waals surface area contributed by atoms with E-state index in [4.69, 9.17) is 4.74 Å². The van der Waals surface area contributed by atoms with E-state index in [-0.39, 0.29) is 17.2 Å². The summed E-state index contributed by atoms with van der Waals surface area (Å²) < 4.78 is 19.3. The zero-order valence-corrected chi connectivity index (χ0v) is 13.8. The van der Waals surface area contributed by atoms with Crippen LogP contribution in [0.5, 0.6) is 5.75 Å². The van der Waals surface area contributed by atoms with Crippen molar-refractivity contribution in [2.45, 2.75) is 32.2 Å². The molecule has 2 amide bonds. The molecule has 1 aliphatic heterocycles. The first-order valence-electron chi connectivity index (χ1n) is 7.89. The Balaban J connectivity index is 2.34. The van der Waals surface area contributed by atoms with Crippen LogP contribution in [0.15, 0.2) is 18.2 Å². The third-order valence-corrected chi connectivity index (χ3v) is 4.21. The fourth-order valence-corrected chi connectivity index (χ4v) is 2.86. The second kappa shape index (κ2) is 7.44. The quantitative estimate of drug-likeness (QED) is 0.836. The molecule has 1 atom stereocenters. The number of nitrogens with zero attached hydrogens (tertiary/aromatic N) is 2. The van der Waals surface area contributed by atoms with E-state index in [1.807, 2.05) is 6.92 Å². The second-order valence-electron chi connectivity index (χ2n) is 5.73. The number of benzene rings is 1. The molecule has 1 saturated heterocycles. The van der Waals surface area contributed by atoms with E-state index in [2.05, 4.69) is 0 Å². The van der Waals surface area contributed by atoms with Gasteiger partial charge in [0.2, 0.25) is 5.91 Å². The molecule has 0 radical (unpaired) electrons. The summed E-state index contributed by atoms with van der Waals surface area (Å²) in [4.78, 5) is 28.4. The monoisotopic (exact) mass is 322 g/mol. The van der Waals surface area contributed by atoms with Crippen molar-refractivity contribution in [3.63, 3.8) is 0 Å². The number of hydrogen-bond donors (Lipinski definition) is 0. The van der Waals surface area contributed by atoms with Gasteiger partial charge < -0.3 is 14.5 Å². The van der Waals surface area contributed by atoms with Crippen molar-refractivity contribution in [3.8, 4) is 5.75 Å². The SMILES string of the molecule is CCCC[C@H]1C(=O)N(C)CCN1C(=O)c1c(F)cccc1OC. The van der Waals surface area contributed by atoms with E-state index in [9.17, 15) is 14.0 Å². The summed E-state index contributed by atoms with van der Waals surface area (Å²) in [5, 5.41) is 0. The highest BCUT2D eigenvalue weighted by Gasteiger charge is 2.37. The van der Waals surface area contributed by atoms with Gasteiger partial charge in [0, 0.05) is 20.1 Å². The van der Waals surface area contributed by atoms with Crippen molar-refractivity contribution in [2.75, 3.05) is 27.2 Å². The lowest BCUT2D eigenvalue weighted by atomic mass is 10.0. The number of hydrogen-bond acceptors (Lipinski definition) is 3. The molecule has 23 heavy (non-hydrogen) atoms. The molecular formula is C17H23FN2O3. The maximum Gasteiger partial charge on any atom is 0.261 e. The number of likely N-dealkylation sites (N-methyl/N-ethyl adjacent to an activating group) is 1. The lowest BCUT2D eigenvalue weighted by Crippen LogP contribution is -2.57. The summed E-state index contributed by atoms with van der Waals surface area (Å²) in [6.45, 7) is 2.87. The van der Waals surface area contributed by atoms with Crippen LogP contribution in [0.1, 0.15) is 36.5 Å². The van der Waals surface area contributed by atoms with Gasteiger partial charge in [-0.25, -0.2) is 4.39 Å². The number of unbranched alkanes of at least 4 members (excludes halogenated alkanes) is 1. The van der Waals surface area contributed by atoms with Gasteiger partial charge in [-0.3, -0.25) is 9.59 Å². The zero-order chi connectivity index (χ0) is 17.0. The van der Waals surface area contributed by atoms with Crippen LogP contribution >= 0.6 is 0 Å². The Labute approximate surface area is 136 Å².